The van der Waals surface area contributed by atoms with E-state index >= 15 is 0 Å². The van der Waals surface area contributed by atoms with E-state index in [0.29, 0.717) is 24.2 Å². The number of amides is 1. The molecule has 1 fully saturated rings. The zero-order valence-corrected chi connectivity index (χ0v) is 23.1. The lowest BCUT2D eigenvalue weighted by molar-refractivity contribution is -0.120. The molecule has 1 aliphatic rings. The van der Waals surface area contributed by atoms with Crippen molar-refractivity contribution >= 4 is 21.3 Å². The van der Waals surface area contributed by atoms with Gasteiger partial charge in [0, 0.05) is 44.1 Å². The number of nitrogens with one attached hydrogen (secondary N) is 1. The van der Waals surface area contributed by atoms with Crippen molar-refractivity contribution < 1.29 is 22.0 Å². The Morgan fingerprint density at radius 3 is 2.52 bits per heavy atom. The average molecular weight is 569 g/mol. The van der Waals surface area contributed by atoms with Crippen molar-refractivity contribution in [3.63, 3.8) is 0 Å². The molecule has 4 atom stereocenters. The summed E-state index contributed by atoms with van der Waals surface area (Å²) < 4.78 is 54.9. The van der Waals surface area contributed by atoms with E-state index < -0.39 is 31.9 Å². The SMILES string of the molecule is CC(=O)N[C@@H]1[C@H](N)C[C@H](c2ccncc2Cc2ncc3ccc(-c4c(F)cc(S(C)(=O)=O)cc4F)nn23)C[C@@H]1C. The van der Waals surface area contributed by atoms with Crippen molar-refractivity contribution in [1.82, 2.24) is 24.9 Å². The van der Waals surface area contributed by atoms with E-state index in [0.717, 1.165) is 35.9 Å². The topological polar surface area (TPSA) is 132 Å². The van der Waals surface area contributed by atoms with Crippen LogP contribution in [0.25, 0.3) is 16.8 Å². The van der Waals surface area contributed by atoms with Gasteiger partial charge in [-0.15, -0.1) is 0 Å². The minimum absolute atomic E-state index is 0.00398. The highest BCUT2D eigenvalue weighted by molar-refractivity contribution is 7.90. The summed E-state index contributed by atoms with van der Waals surface area (Å²) in [6.45, 7) is 3.58. The summed E-state index contributed by atoms with van der Waals surface area (Å²) in [7, 11) is -3.79. The molecular weight excluding hydrogens is 538 g/mol. The van der Waals surface area contributed by atoms with Gasteiger partial charge in [0.25, 0.3) is 0 Å². The average Bonchev–Trinajstić information content (AvgIpc) is 3.27. The Hall–Kier alpha value is -3.77. The van der Waals surface area contributed by atoms with Crippen LogP contribution in [0.2, 0.25) is 0 Å². The summed E-state index contributed by atoms with van der Waals surface area (Å²) in [6.07, 6.45) is 7.92. The summed E-state index contributed by atoms with van der Waals surface area (Å²) in [5.74, 6) is -1.27. The minimum Gasteiger partial charge on any atom is -0.352 e. The molecule has 1 aliphatic carbocycles. The van der Waals surface area contributed by atoms with Crippen molar-refractivity contribution in [3.8, 4) is 11.3 Å². The van der Waals surface area contributed by atoms with Crippen molar-refractivity contribution in [1.29, 1.82) is 0 Å². The molecule has 3 N–H and O–H groups in total. The van der Waals surface area contributed by atoms with Crippen molar-refractivity contribution in [2.45, 2.75) is 56.0 Å². The van der Waals surface area contributed by atoms with Crippen LogP contribution in [0.3, 0.4) is 0 Å². The molecule has 5 rings (SSSR count). The Morgan fingerprint density at radius 1 is 1.15 bits per heavy atom. The van der Waals surface area contributed by atoms with E-state index in [4.69, 9.17) is 5.73 Å². The van der Waals surface area contributed by atoms with Gasteiger partial charge in [-0.2, -0.15) is 5.10 Å². The van der Waals surface area contributed by atoms with Gasteiger partial charge in [-0.3, -0.25) is 9.78 Å². The number of rotatable bonds is 6. The van der Waals surface area contributed by atoms with Gasteiger partial charge >= 0.3 is 0 Å². The normalized spacial score (nSPS) is 21.4. The van der Waals surface area contributed by atoms with E-state index in [1.807, 2.05) is 6.07 Å². The van der Waals surface area contributed by atoms with Gasteiger partial charge in [-0.1, -0.05) is 6.92 Å². The number of hydrogen-bond donors (Lipinski definition) is 2. The quantitative estimate of drug-likeness (QED) is 0.364. The summed E-state index contributed by atoms with van der Waals surface area (Å²) in [6, 6.07) is 6.39. The second kappa shape index (κ2) is 10.7. The van der Waals surface area contributed by atoms with Gasteiger partial charge in [-0.05, 0) is 66.1 Å². The lowest BCUT2D eigenvalue weighted by Gasteiger charge is -2.39. The number of benzene rings is 1. The Morgan fingerprint density at radius 2 is 1.88 bits per heavy atom. The Labute approximate surface area is 230 Å². The maximum Gasteiger partial charge on any atom is 0.217 e. The second-order valence-corrected chi connectivity index (χ2v) is 12.6. The van der Waals surface area contributed by atoms with Crippen LogP contribution in [0.15, 0.2) is 53.8 Å². The Balaban J connectivity index is 1.47. The number of hydrogen-bond acceptors (Lipinski definition) is 7. The molecule has 3 aromatic heterocycles. The van der Waals surface area contributed by atoms with Crippen LogP contribution in [0.5, 0.6) is 0 Å². The summed E-state index contributed by atoms with van der Waals surface area (Å²) >= 11 is 0. The zero-order chi connectivity index (χ0) is 28.8. The third-order valence-corrected chi connectivity index (χ3v) is 8.63. The van der Waals surface area contributed by atoms with Gasteiger partial charge in [-0.25, -0.2) is 26.7 Å². The molecule has 0 saturated heterocycles. The fraction of sp³-hybridized carbons (Fsp3) is 0.357. The van der Waals surface area contributed by atoms with Crippen LogP contribution in [0, 0.1) is 17.6 Å². The molecule has 1 saturated carbocycles. The fourth-order valence-electron chi connectivity index (χ4n) is 5.68. The van der Waals surface area contributed by atoms with Gasteiger partial charge in [0.1, 0.15) is 17.5 Å². The largest absolute Gasteiger partial charge is 0.352 e. The number of fused-ring (bicyclic) bond motifs is 1. The lowest BCUT2D eigenvalue weighted by atomic mass is 9.72. The van der Waals surface area contributed by atoms with Gasteiger partial charge < -0.3 is 11.1 Å². The molecule has 1 amide bonds. The highest BCUT2D eigenvalue weighted by Crippen LogP contribution is 2.37. The highest BCUT2D eigenvalue weighted by atomic mass is 32.2. The van der Waals surface area contributed by atoms with Crippen LogP contribution in [-0.4, -0.2) is 52.2 Å². The van der Waals surface area contributed by atoms with Crippen molar-refractivity contribution in [2.24, 2.45) is 11.7 Å². The fourth-order valence-corrected chi connectivity index (χ4v) is 6.31. The van der Waals surface area contributed by atoms with Crippen LogP contribution in [0.1, 0.15) is 49.6 Å². The molecule has 0 aliphatic heterocycles. The first-order valence-corrected chi connectivity index (χ1v) is 14.8. The maximum absolute atomic E-state index is 14.9. The molecule has 210 valence electrons. The van der Waals surface area contributed by atoms with Gasteiger partial charge in [0.15, 0.2) is 9.84 Å². The molecule has 1 aromatic carbocycles. The lowest BCUT2D eigenvalue weighted by Crippen LogP contribution is -2.54. The maximum atomic E-state index is 14.9. The molecular formula is C28H30F2N6O3S. The number of sulfone groups is 1. The summed E-state index contributed by atoms with van der Waals surface area (Å²) in [5, 5.41) is 7.44. The first-order valence-electron chi connectivity index (χ1n) is 12.9. The standard InChI is InChI=1S/C28H30F2N6O3S/c1-15-8-17(9-24(31)28(15)34-16(2)37)21-6-7-32-13-18(21)10-26-33-14-19-4-5-25(35-36(19)26)27-22(29)11-20(12-23(27)30)40(3,38)39/h4-7,11-15,17,24,28H,8-10,31H2,1-3H3,(H,34,37)/t15-,17+,24+,28-/m0/s1. The number of nitrogens with two attached hydrogens (primary N) is 1. The summed E-state index contributed by atoms with van der Waals surface area (Å²) in [4.78, 5) is 20.0. The number of nitrogens with zero attached hydrogens (tertiary/aromatic N) is 4. The molecule has 12 heteroatoms. The Bertz CT molecular complexity index is 1670. The number of halogens is 2. The molecule has 0 unspecified atom stereocenters. The smallest absolute Gasteiger partial charge is 0.217 e. The van der Waals surface area contributed by atoms with Crippen LogP contribution in [-0.2, 0) is 21.1 Å². The molecule has 4 aromatic rings. The zero-order valence-electron chi connectivity index (χ0n) is 22.3. The predicted molar refractivity (Wildman–Crippen MR) is 145 cm³/mol. The van der Waals surface area contributed by atoms with E-state index in [2.05, 4.69) is 27.3 Å². The number of aromatic nitrogens is 4. The van der Waals surface area contributed by atoms with E-state index in [1.54, 1.807) is 24.7 Å². The van der Waals surface area contributed by atoms with Crippen LogP contribution >= 0.6 is 0 Å². The third-order valence-electron chi connectivity index (χ3n) is 7.54. The number of imidazole rings is 1. The number of carbonyl (C=O) groups is 1. The molecule has 9 nitrogen and oxygen atoms in total. The first kappa shape index (κ1) is 27.8. The molecule has 0 radical (unpaired) electrons. The van der Waals surface area contributed by atoms with E-state index in [-0.39, 0.29) is 35.5 Å². The monoisotopic (exact) mass is 568 g/mol. The molecule has 3 heterocycles. The van der Waals surface area contributed by atoms with Gasteiger partial charge in [0.05, 0.1) is 27.9 Å². The van der Waals surface area contributed by atoms with Crippen LogP contribution in [0.4, 0.5) is 8.78 Å². The van der Waals surface area contributed by atoms with Gasteiger partial charge in [0.2, 0.25) is 5.91 Å². The first-order chi connectivity index (χ1) is 18.9. The molecule has 40 heavy (non-hydrogen) atoms. The minimum atomic E-state index is -3.79. The van der Waals surface area contributed by atoms with E-state index in [9.17, 15) is 22.0 Å². The summed E-state index contributed by atoms with van der Waals surface area (Å²) in [5.41, 5.74) is 8.71. The van der Waals surface area contributed by atoms with Crippen molar-refractivity contribution in [3.05, 3.63) is 77.5 Å². The number of pyridine rings is 1. The predicted octanol–water partition coefficient (Wildman–Crippen LogP) is 3.41. The Kier molecular flexibility index (Phi) is 7.40. The number of carbonyl (C=O) groups excluding carboxylic acids is 1. The second-order valence-electron chi connectivity index (χ2n) is 10.6. The van der Waals surface area contributed by atoms with E-state index in [1.165, 1.54) is 17.5 Å². The molecule has 0 spiro atoms. The highest BCUT2D eigenvalue weighted by Gasteiger charge is 2.35. The third kappa shape index (κ3) is 5.46. The van der Waals surface area contributed by atoms with Crippen LogP contribution < -0.4 is 11.1 Å². The van der Waals surface area contributed by atoms with Crippen molar-refractivity contribution in [2.75, 3.05) is 6.26 Å². The molecule has 0 bridgehead atoms.